The van der Waals surface area contributed by atoms with Gasteiger partial charge in [0, 0.05) is 34.0 Å². The highest BCUT2D eigenvalue weighted by Gasteiger charge is 2.10. The minimum Gasteiger partial charge on any atom is -0.497 e. The Balaban J connectivity index is 1.55. The number of fused-ring (bicyclic) bond motifs is 1. The third-order valence-corrected chi connectivity index (χ3v) is 5.61. The van der Waals surface area contributed by atoms with Gasteiger partial charge in [0.05, 0.1) is 18.3 Å². The lowest BCUT2D eigenvalue weighted by atomic mass is 10.0. The SMILES string of the molecule is COc1ccc2cc(CNCCc3cccc(Cl)c3)c(-c3ccsc3)nc2c1. The molecule has 1 N–H and O–H groups in total. The lowest BCUT2D eigenvalue weighted by Gasteiger charge is -2.12. The molecule has 3 nitrogen and oxygen atoms in total. The molecule has 4 rings (SSSR count). The number of hydrogen-bond acceptors (Lipinski definition) is 4. The van der Waals surface area contributed by atoms with Gasteiger partial charge in [-0.1, -0.05) is 23.7 Å². The van der Waals surface area contributed by atoms with Crippen LogP contribution in [0.25, 0.3) is 22.2 Å². The molecule has 142 valence electrons. The van der Waals surface area contributed by atoms with Crippen molar-refractivity contribution >= 4 is 33.8 Å². The van der Waals surface area contributed by atoms with E-state index < -0.39 is 0 Å². The Labute approximate surface area is 174 Å². The van der Waals surface area contributed by atoms with E-state index >= 15 is 0 Å². The van der Waals surface area contributed by atoms with Gasteiger partial charge in [0.1, 0.15) is 5.75 Å². The van der Waals surface area contributed by atoms with Gasteiger partial charge in [-0.05, 0) is 65.9 Å². The number of benzene rings is 2. The molecule has 2 aromatic heterocycles. The first-order valence-electron chi connectivity index (χ1n) is 9.18. The average Bonchev–Trinajstić information content (AvgIpc) is 3.25. The quantitative estimate of drug-likeness (QED) is 0.383. The van der Waals surface area contributed by atoms with Crippen molar-refractivity contribution in [1.29, 1.82) is 0 Å². The molecule has 0 aliphatic carbocycles. The summed E-state index contributed by atoms with van der Waals surface area (Å²) in [5.41, 5.74) is 5.56. The fraction of sp³-hybridized carbons (Fsp3) is 0.174. The van der Waals surface area contributed by atoms with Gasteiger partial charge < -0.3 is 10.1 Å². The number of thiophene rings is 1. The number of methoxy groups -OCH3 is 1. The van der Waals surface area contributed by atoms with Crippen molar-refractivity contribution in [2.45, 2.75) is 13.0 Å². The molecule has 0 saturated carbocycles. The van der Waals surface area contributed by atoms with E-state index in [1.807, 2.05) is 30.3 Å². The summed E-state index contributed by atoms with van der Waals surface area (Å²) >= 11 is 7.76. The van der Waals surface area contributed by atoms with Crippen molar-refractivity contribution in [2.75, 3.05) is 13.7 Å². The lowest BCUT2D eigenvalue weighted by molar-refractivity contribution is 0.415. The second-order valence-corrected chi connectivity index (χ2v) is 7.84. The fourth-order valence-corrected chi connectivity index (χ4v) is 4.10. The van der Waals surface area contributed by atoms with Crippen LogP contribution >= 0.6 is 22.9 Å². The maximum atomic E-state index is 6.07. The van der Waals surface area contributed by atoms with Gasteiger partial charge in [0.15, 0.2) is 0 Å². The number of nitrogens with one attached hydrogen (secondary N) is 1. The van der Waals surface area contributed by atoms with Crippen molar-refractivity contribution in [1.82, 2.24) is 10.3 Å². The number of nitrogens with zero attached hydrogens (tertiary/aromatic N) is 1. The number of hydrogen-bond donors (Lipinski definition) is 1. The van der Waals surface area contributed by atoms with Gasteiger partial charge in [0.25, 0.3) is 0 Å². The van der Waals surface area contributed by atoms with Gasteiger partial charge >= 0.3 is 0 Å². The van der Waals surface area contributed by atoms with Crippen molar-refractivity contribution in [3.63, 3.8) is 0 Å². The predicted molar refractivity (Wildman–Crippen MR) is 118 cm³/mol. The zero-order valence-corrected chi connectivity index (χ0v) is 17.2. The first kappa shape index (κ1) is 18.9. The fourth-order valence-electron chi connectivity index (χ4n) is 3.25. The maximum absolute atomic E-state index is 6.07. The summed E-state index contributed by atoms with van der Waals surface area (Å²) in [7, 11) is 1.68. The largest absolute Gasteiger partial charge is 0.497 e. The van der Waals surface area contributed by atoms with Crippen LogP contribution in [0.2, 0.25) is 5.02 Å². The molecule has 0 spiro atoms. The molecule has 0 radical (unpaired) electrons. The molecule has 5 heteroatoms. The Bertz CT molecular complexity index is 1080. The van der Waals surface area contributed by atoms with E-state index in [0.717, 1.165) is 52.4 Å². The van der Waals surface area contributed by atoms with Crippen LogP contribution in [0.1, 0.15) is 11.1 Å². The minimum absolute atomic E-state index is 0.765. The second-order valence-electron chi connectivity index (χ2n) is 6.62. The van der Waals surface area contributed by atoms with Crippen LogP contribution in [-0.2, 0) is 13.0 Å². The molecule has 0 fully saturated rings. The highest BCUT2D eigenvalue weighted by molar-refractivity contribution is 7.08. The van der Waals surface area contributed by atoms with Crippen LogP contribution < -0.4 is 10.1 Å². The molecular formula is C23H21ClN2OS. The van der Waals surface area contributed by atoms with Crippen LogP contribution in [-0.4, -0.2) is 18.6 Å². The van der Waals surface area contributed by atoms with E-state index in [1.54, 1.807) is 18.4 Å². The third kappa shape index (κ3) is 4.36. The van der Waals surface area contributed by atoms with Gasteiger partial charge in [-0.3, -0.25) is 0 Å². The Kier molecular flexibility index (Phi) is 5.91. The number of pyridine rings is 1. The van der Waals surface area contributed by atoms with Gasteiger partial charge in [-0.15, -0.1) is 0 Å². The van der Waals surface area contributed by atoms with Crippen molar-refractivity contribution in [3.8, 4) is 17.0 Å². The van der Waals surface area contributed by atoms with Crippen molar-refractivity contribution in [3.05, 3.63) is 81.5 Å². The summed E-state index contributed by atoms with van der Waals surface area (Å²) < 4.78 is 5.35. The van der Waals surface area contributed by atoms with Gasteiger partial charge in [-0.25, -0.2) is 4.98 Å². The Hall–Kier alpha value is -2.40. The Morgan fingerprint density at radius 2 is 2.04 bits per heavy atom. The summed E-state index contributed by atoms with van der Waals surface area (Å²) in [4.78, 5) is 4.94. The van der Waals surface area contributed by atoms with E-state index in [-0.39, 0.29) is 0 Å². The molecule has 0 bridgehead atoms. The molecule has 0 atom stereocenters. The van der Waals surface area contributed by atoms with Crippen LogP contribution in [0.4, 0.5) is 0 Å². The van der Waals surface area contributed by atoms with Crippen LogP contribution in [0.5, 0.6) is 5.75 Å². The Morgan fingerprint density at radius 1 is 1.11 bits per heavy atom. The molecule has 0 saturated heterocycles. The highest BCUT2D eigenvalue weighted by atomic mass is 35.5. The summed E-state index contributed by atoms with van der Waals surface area (Å²) in [5.74, 6) is 0.823. The van der Waals surface area contributed by atoms with Crippen LogP contribution in [0, 0.1) is 0 Å². The molecule has 28 heavy (non-hydrogen) atoms. The summed E-state index contributed by atoms with van der Waals surface area (Å²) in [6.07, 6.45) is 0.937. The number of ether oxygens (including phenoxy) is 1. The smallest absolute Gasteiger partial charge is 0.121 e. The van der Waals surface area contributed by atoms with E-state index in [0.29, 0.717) is 0 Å². The predicted octanol–water partition coefficient (Wildman–Crippen LogP) is 5.96. The standard InChI is InChI=1S/C23H21ClN2OS/c1-27-21-6-5-17-12-19(14-25-9-7-16-3-2-4-20(24)11-16)23(26-22(17)13-21)18-8-10-28-15-18/h2-6,8,10-13,15,25H,7,9,14H2,1H3. The third-order valence-electron chi connectivity index (χ3n) is 4.69. The molecular weight excluding hydrogens is 388 g/mol. The minimum atomic E-state index is 0.765. The van der Waals surface area contributed by atoms with Gasteiger partial charge in [-0.2, -0.15) is 11.3 Å². The summed E-state index contributed by atoms with van der Waals surface area (Å²) in [5, 5.41) is 9.68. The molecule has 4 aromatic rings. The lowest BCUT2D eigenvalue weighted by Crippen LogP contribution is -2.17. The topological polar surface area (TPSA) is 34.1 Å². The Morgan fingerprint density at radius 3 is 2.82 bits per heavy atom. The van der Waals surface area contributed by atoms with E-state index in [9.17, 15) is 0 Å². The number of rotatable bonds is 7. The van der Waals surface area contributed by atoms with Crippen LogP contribution in [0.3, 0.4) is 0 Å². The summed E-state index contributed by atoms with van der Waals surface area (Å²) in [6.45, 7) is 1.64. The van der Waals surface area contributed by atoms with E-state index in [2.05, 4.69) is 40.3 Å². The zero-order chi connectivity index (χ0) is 19.3. The van der Waals surface area contributed by atoms with Crippen molar-refractivity contribution in [2.24, 2.45) is 0 Å². The highest BCUT2D eigenvalue weighted by Crippen LogP contribution is 2.29. The first-order chi connectivity index (χ1) is 13.7. The average molecular weight is 409 g/mol. The number of halogens is 1. The second kappa shape index (κ2) is 8.74. The molecule has 0 amide bonds. The zero-order valence-electron chi connectivity index (χ0n) is 15.6. The molecule has 2 heterocycles. The molecule has 0 unspecified atom stereocenters. The van der Waals surface area contributed by atoms with E-state index in [4.69, 9.17) is 21.3 Å². The van der Waals surface area contributed by atoms with Gasteiger partial charge in [0.2, 0.25) is 0 Å². The number of aromatic nitrogens is 1. The molecule has 0 aliphatic rings. The first-order valence-corrected chi connectivity index (χ1v) is 10.5. The summed E-state index contributed by atoms with van der Waals surface area (Å²) in [6, 6.07) is 18.4. The normalized spacial score (nSPS) is 11.1. The van der Waals surface area contributed by atoms with E-state index in [1.165, 1.54) is 11.1 Å². The molecule has 2 aromatic carbocycles. The monoisotopic (exact) mass is 408 g/mol. The van der Waals surface area contributed by atoms with Crippen LogP contribution in [0.15, 0.2) is 65.4 Å². The maximum Gasteiger partial charge on any atom is 0.121 e. The van der Waals surface area contributed by atoms with Crippen molar-refractivity contribution < 1.29 is 4.74 Å². The molecule has 0 aliphatic heterocycles.